The maximum atomic E-state index is 13.8. The molecule has 0 spiro atoms. The normalized spacial score (nSPS) is 16.4. The third-order valence-corrected chi connectivity index (χ3v) is 3.56. The zero-order chi connectivity index (χ0) is 13.3. The predicted octanol–water partition coefficient (Wildman–Crippen LogP) is 3.46. The highest BCUT2D eigenvalue weighted by atomic mass is 35.5. The second-order valence-corrected chi connectivity index (χ2v) is 4.93. The van der Waals surface area contributed by atoms with Crippen LogP contribution in [0.4, 0.5) is 4.39 Å². The highest BCUT2D eigenvalue weighted by molar-refractivity contribution is 6.30. The van der Waals surface area contributed by atoms with Crippen LogP contribution in [0.15, 0.2) is 12.1 Å². The molecule has 0 radical (unpaired) electrons. The van der Waals surface area contributed by atoms with Crippen LogP contribution in [0.2, 0.25) is 5.02 Å². The van der Waals surface area contributed by atoms with Gasteiger partial charge in [-0.15, -0.1) is 0 Å². The number of hydrogen-bond donors (Lipinski definition) is 1. The maximum absolute atomic E-state index is 13.8. The van der Waals surface area contributed by atoms with Crippen LogP contribution in [-0.2, 0) is 4.79 Å². The topological polar surface area (TPSA) is 46.5 Å². The van der Waals surface area contributed by atoms with Gasteiger partial charge in [0.25, 0.3) is 0 Å². The zero-order valence-electron chi connectivity index (χ0n) is 9.95. The summed E-state index contributed by atoms with van der Waals surface area (Å²) in [7, 11) is 1.36. The van der Waals surface area contributed by atoms with Crippen LogP contribution in [-0.4, -0.2) is 18.2 Å². The van der Waals surface area contributed by atoms with Crippen molar-refractivity contribution in [3.63, 3.8) is 0 Å². The minimum atomic E-state index is -0.885. The third kappa shape index (κ3) is 2.58. The Balaban J connectivity index is 2.40. The number of carboxylic acids is 1. The van der Waals surface area contributed by atoms with Gasteiger partial charge in [0.2, 0.25) is 0 Å². The van der Waals surface area contributed by atoms with Gasteiger partial charge in [-0.2, -0.15) is 0 Å². The first-order valence-corrected chi connectivity index (χ1v) is 6.16. The lowest BCUT2D eigenvalue weighted by Crippen LogP contribution is -2.10. The highest BCUT2D eigenvalue weighted by Crippen LogP contribution is 2.48. The smallest absolute Gasteiger partial charge is 0.303 e. The Morgan fingerprint density at radius 1 is 1.61 bits per heavy atom. The number of hydrogen-bond acceptors (Lipinski definition) is 2. The lowest BCUT2D eigenvalue weighted by Gasteiger charge is -2.18. The summed E-state index contributed by atoms with van der Waals surface area (Å²) < 4.78 is 18.9. The fourth-order valence-corrected chi connectivity index (χ4v) is 2.41. The summed E-state index contributed by atoms with van der Waals surface area (Å²) in [5.41, 5.74) is 0.601. The maximum Gasteiger partial charge on any atom is 0.303 e. The van der Waals surface area contributed by atoms with Crippen LogP contribution in [0.1, 0.15) is 30.7 Å². The Bertz CT molecular complexity index is 472. The van der Waals surface area contributed by atoms with Crippen LogP contribution in [0.3, 0.4) is 0 Å². The number of aliphatic carboxylic acids is 1. The summed E-state index contributed by atoms with van der Waals surface area (Å²) in [5, 5.41) is 8.94. The molecule has 1 saturated carbocycles. The quantitative estimate of drug-likeness (QED) is 0.893. The van der Waals surface area contributed by atoms with Gasteiger partial charge in [-0.25, -0.2) is 4.39 Å². The third-order valence-electron chi connectivity index (χ3n) is 3.27. The second kappa shape index (κ2) is 5.14. The summed E-state index contributed by atoms with van der Waals surface area (Å²) in [4.78, 5) is 10.9. The molecule has 1 aromatic rings. The van der Waals surface area contributed by atoms with E-state index in [4.69, 9.17) is 21.4 Å². The van der Waals surface area contributed by atoms with Crippen molar-refractivity contribution < 1.29 is 19.0 Å². The highest BCUT2D eigenvalue weighted by Gasteiger charge is 2.36. The van der Waals surface area contributed by atoms with Crippen molar-refractivity contribution in [1.29, 1.82) is 0 Å². The molecule has 18 heavy (non-hydrogen) atoms. The number of ether oxygens (including phenoxy) is 1. The van der Waals surface area contributed by atoms with E-state index in [9.17, 15) is 9.18 Å². The van der Waals surface area contributed by atoms with Crippen molar-refractivity contribution in [2.24, 2.45) is 5.92 Å². The van der Waals surface area contributed by atoms with E-state index in [2.05, 4.69) is 0 Å². The number of carbonyl (C=O) groups is 1. The van der Waals surface area contributed by atoms with E-state index in [1.165, 1.54) is 13.2 Å². The monoisotopic (exact) mass is 272 g/mol. The predicted molar refractivity (Wildman–Crippen MR) is 65.7 cm³/mol. The van der Waals surface area contributed by atoms with Gasteiger partial charge in [0.15, 0.2) is 11.6 Å². The molecule has 0 heterocycles. The Morgan fingerprint density at radius 3 is 2.78 bits per heavy atom. The first kappa shape index (κ1) is 13.1. The number of carboxylic acid groups (broad SMARTS) is 1. The van der Waals surface area contributed by atoms with Gasteiger partial charge < -0.3 is 9.84 Å². The molecule has 1 unspecified atom stereocenters. The lowest BCUT2D eigenvalue weighted by molar-refractivity contribution is -0.137. The Kier molecular flexibility index (Phi) is 3.76. The summed E-state index contributed by atoms with van der Waals surface area (Å²) in [6.07, 6.45) is 1.94. The van der Waals surface area contributed by atoms with Crippen molar-refractivity contribution in [3.8, 4) is 5.75 Å². The van der Waals surface area contributed by atoms with Gasteiger partial charge in [0.05, 0.1) is 18.6 Å². The molecule has 1 aromatic carbocycles. The molecule has 3 nitrogen and oxygen atoms in total. The molecular weight excluding hydrogens is 259 g/mol. The van der Waals surface area contributed by atoms with E-state index in [0.29, 0.717) is 11.5 Å². The van der Waals surface area contributed by atoms with E-state index < -0.39 is 11.8 Å². The van der Waals surface area contributed by atoms with Crippen LogP contribution in [0.5, 0.6) is 5.75 Å². The number of halogens is 2. The molecule has 1 fully saturated rings. The minimum absolute atomic E-state index is 0.0118. The van der Waals surface area contributed by atoms with Gasteiger partial charge in [0, 0.05) is 11.5 Å². The fourth-order valence-electron chi connectivity index (χ4n) is 2.26. The van der Waals surface area contributed by atoms with E-state index in [0.717, 1.165) is 12.8 Å². The van der Waals surface area contributed by atoms with Crippen molar-refractivity contribution in [1.82, 2.24) is 0 Å². The molecule has 0 amide bonds. The molecule has 1 aliphatic carbocycles. The average molecular weight is 273 g/mol. The summed E-state index contributed by atoms with van der Waals surface area (Å²) >= 11 is 5.70. The lowest BCUT2D eigenvalue weighted by atomic mass is 9.90. The first-order chi connectivity index (χ1) is 8.54. The van der Waals surface area contributed by atoms with Crippen molar-refractivity contribution in [2.75, 3.05) is 7.11 Å². The van der Waals surface area contributed by atoms with Gasteiger partial charge in [-0.05, 0) is 24.8 Å². The molecule has 1 atom stereocenters. The summed E-state index contributed by atoms with van der Waals surface area (Å²) in [5.74, 6) is -1.34. The standard InChI is InChI=1S/C13H14ClFO3/c1-18-13-8(4-5-10(14)12(13)15)9(6-11(16)17)7-2-3-7/h4-5,7,9H,2-3,6H2,1H3,(H,16,17). The van der Waals surface area contributed by atoms with Gasteiger partial charge in [0.1, 0.15) is 0 Å². The van der Waals surface area contributed by atoms with Crippen molar-refractivity contribution in [2.45, 2.75) is 25.2 Å². The van der Waals surface area contributed by atoms with E-state index in [1.54, 1.807) is 6.07 Å². The SMILES string of the molecule is COc1c(C(CC(=O)O)C2CC2)ccc(Cl)c1F. The Labute approximate surface area is 110 Å². The van der Waals surface area contributed by atoms with Crippen molar-refractivity contribution in [3.05, 3.63) is 28.5 Å². The molecule has 1 aliphatic rings. The van der Waals surface area contributed by atoms with Crippen LogP contribution < -0.4 is 4.74 Å². The van der Waals surface area contributed by atoms with Crippen LogP contribution >= 0.6 is 11.6 Å². The fraction of sp³-hybridized carbons (Fsp3) is 0.462. The van der Waals surface area contributed by atoms with E-state index in [1.807, 2.05) is 0 Å². The van der Waals surface area contributed by atoms with Crippen LogP contribution in [0, 0.1) is 11.7 Å². The van der Waals surface area contributed by atoms with Gasteiger partial charge in [-0.1, -0.05) is 17.7 Å². The molecule has 0 aliphatic heterocycles. The molecular formula is C13H14ClFO3. The number of benzene rings is 1. The first-order valence-electron chi connectivity index (χ1n) is 5.78. The molecule has 0 saturated heterocycles. The number of rotatable bonds is 5. The Morgan fingerprint density at radius 2 is 2.28 bits per heavy atom. The van der Waals surface area contributed by atoms with Crippen LogP contribution in [0.25, 0.3) is 0 Å². The van der Waals surface area contributed by atoms with Gasteiger partial charge >= 0.3 is 5.97 Å². The molecule has 98 valence electrons. The largest absolute Gasteiger partial charge is 0.493 e. The molecule has 2 rings (SSSR count). The second-order valence-electron chi connectivity index (χ2n) is 4.53. The molecule has 1 N–H and O–H groups in total. The van der Waals surface area contributed by atoms with Gasteiger partial charge in [-0.3, -0.25) is 4.79 Å². The summed E-state index contributed by atoms with van der Waals surface area (Å²) in [6.45, 7) is 0. The minimum Gasteiger partial charge on any atom is -0.493 e. The van der Waals surface area contributed by atoms with E-state index in [-0.39, 0.29) is 23.1 Å². The molecule has 0 aromatic heterocycles. The van der Waals surface area contributed by atoms with Crippen molar-refractivity contribution >= 4 is 17.6 Å². The zero-order valence-corrected chi connectivity index (χ0v) is 10.7. The number of methoxy groups -OCH3 is 1. The summed E-state index contributed by atoms with van der Waals surface area (Å²) in [6, 6.07) is 3.11. The Hall–Kier alpha value is -1.29. The molecule has 5 heteroatoms. The molecule has 0 bridgehead atoms. The average Bonchev–Trinajstić information content (AvgIpc) is 3.13. The van der Waals surface area contributed by atoms with E-state index >= 15 is 0 Å².